The molecule has 0 radical (unpaired) electrons. The third-order valence-electron chi connectivity index (χ3n) is 6.65. The van der Waals surface area contributed by atoms with Crippen LogP contribution in [-0.4, -0.2) is 39.8 Å². The van der Waals surface area contributed by atoms with Crippen molar-refractivity contribution in [3.05, 3.63) is 62.4 Å². The Morgan fingerprint density at radius 3 is 2.46 bits per heavy atom. The Bertz CT molecular complexity index is 1610. The summed E-state index contributed by atoms with van der Waals surface area (Å²) >= 11 is 0. The molecule has 0 saturated heterocycles. The fourth-order valence-corrected chi connectivity index (χ4v) is 5.07. The summed E-state index contributed by atoms with van der Waals surface area (Å²) in [7, 11) is 1.21. The highest BCUT2D eigenvalue weighted by atomic mass is 16.7. The van der Waals surface area contributed by atoms with Crippen molar-refractivity contribution in [1.29, 1.82) is 0 Å². The number of benzene rings is 2. The van der Waals surface area contributed by atoms with Crippen molar-refractivity contribution < 1.29 is 43.5 Å². The zero-order valence-corrected chi connectivity index (χ0v) is 18.6. The molecule has 178 valence electrons. The quantitative estimate of drug-likeness (QED) is 0.445. The van der Waals surface area contributed by atoms with E-state index in [4.69, 9.17) is 18.6 Å². The van der Waals surface area contributed by atoms with Gasteiger partial charge >= 0.3 is 5.63 Å². The molecule has 2 aliphatic heterocycles. The molecule has 3 N–H and O–H groups in total. The molecular formula is C25H18O10. The SMILES string of the molecule is COC1=CC(=O)c2c(O)c3c(c(O)c2C1=O)O[C@@]1(CCc2cc4cc(C)oc(=O)c4c(O)c2O1)C3. The second-order valence-electron chi connectivity index (χ2n) is 8.77. The van der Waals surface area contributed by atoms with Crippen molar-refractivity contribution in [3.63, 3.8) is 0 Å². The number of aryl methyl sites for hydroxylation is 2. The molecule has 0 bridgehead atoms. The Morgan fingerprint density at radius 2 is 1.71 bits per heavy atom. The van der Waals surface area contributed by atoms with Crippen LogP contribution in [0.2, 0.25) is 0 Å². The minimum Gasteiger partial charge on any atom is -0.507 e. The zero-order valence-electron chi connectivity index (χ0n) is 18.6. The summed E-state index contributed by atoms with van der Waals surface area (Å²) in [6, 6.07) is 3.37. The number of ketones is 2. The van der Waals surface area contributed by atoms with Crippen LogP contribution in [0, 0.1) is 6.92 Å². The number of hydrogen-bond donors (Lipinski definition) is 3. The van der Waals surface area contributed by atoms with Crippen molar-refractivity contribution in [1.82, 2.24) is 0 Å². The van der Waals surface area contributed by atoms with Gasteiger partial charge in [-0.15, -0.1) is 0 Å². The van der Waals surface area contributed by atoms with Gasteiger partial charge in [-0.1, -0.05) is 0 Å². The molecular weight excluding hydrogens is 460 g/mol. The van der Waals surface area contributed by atoms with Crippen LogP contribution in [0.5, 0.6) is 28.7 Å². The Labute approximate surface area is 196 Å². The van der Waals surface area contributed by atoms with Gasteiger partial charge in [0.25, 0.3) is 5.79 Å². The molecule has 3 aromatic rings. The number of hydrogen-bond acceptors (Lipinski definition) is 10. The van der Waals surface area contributed by atoms with E-state index in [1.165, 1.54) is 7.11 Å². The summed E-state index contributed by atoms with van der Waals surface area (Å²) in [5.74, 6) is -4.51. The van der Waals surface area contributed by atoms with Crippen LogP contribution in [-0.2, 0) is 17.6 Å². The van der Waals surface area contributed by atoms with Crippen LogP contribution in [0.1, 0.15) is 44.0 Å². The number of rotatable bonds is 1. The summed E-state index contributed by atoms with van der Waals surface area (Å²) in [5, 5.41) is 33.1. The Hall–Kier alpha value is -4.47. The molecule has 0 amide bonds. The molecule has 2 aromatic carbocycles. The molecule has 1 atom stereocenters. The van der Waals surface area contributed by atoms with E-state index in [0.717, 1.165) is 6.08 Å². The zero-order chi connectivity index (χ0) is 24.8. The summed E-state index contributed by atoms with van der Waals surface area (Å²) < 4.78 is 22.1. The maximum absolute atomic E-state index is 12.7. The van der Waals surface area contributed by atoms with E-state index in [2.05, 4.69) is 0 Å². The Balaban J connectivity index is 1.47. The first-order valence-corrected chi connectivity index (χ1v) is 10.8. The molecule has 1 aromatic heterocycles. The molecule has 1 spiro atoms. The van der Waals surface area contributed by atoms with Gasteiger partial charge in [0.1, 0.15) is 16.9 Å². The van der Waals surface area contributed by atoms with Crippen LogP contribution in [0.4, 0.5) is 0 Å². The van der Waals surface area contributed by atoms with Gasteiger partial charge in [0.05, 0.1) is 24.7 Å². The molecule has 0 fully saturated rings. The lowest BCUT2D eigenvalue weighted by Gasteiger charge is -2.35. The van der Waals surface area contributed by atoms with E-state index in [1.807, 2.05) is 0 Å². The predicted molar refractivity (Wildman–Crippen MR) is 118 cm³/mol. The van der Waals surface area contributed by atoms with E-state index in [-0.39, 0.29) is 46.6 Å². The summed E-state index contributed by atoms with van der Waals surface area (Å²) in [5.41, 5.74) is -0.750. The molecule has 10 heteroatoms. The van der Waals surface area contributed by atoms with Crippen molar-refractivity contribution in [2.45, 2.75) is 32.0 Å². The van der Waals surface area contributed by atoms with Gasteiger partial charge in [0, 0.05) is 18.1 Å². The summed E-state index contributed by atoms with van der Waals surface area (Å²) in [4.78, 5) is 37.7. The first kappa shape index (κ1) is 21.1. The van der Waals surface area contributed by atoms with E-state index in [1.54, 1.807) is 19.1 Å². The lowest BCUT2D eigenvalue weighted by atomic mass is 9.87. The number of fused-ring (bicyclic) bond motifs is 4. The summed E-state index contributed by atoms with van der Waals surface area (Å²) in [6.45, 7) is 1.63. The number of allylic oxidation sites excluding steroid dienone is 2. The van der Waals surface area contributed by atoms with Crippen LogP contribution in [0.15, 0.2) is 33.2 Å². The van der Waals surface area contributed by atoms with E-state index in [9.17, 15) is 29.7 Å². The van der Waals surface area contributed by atoms with Crippen LogP contribution < -0.4 is 15.1 Å². The Kier molecular flexibility index (Phi) is 4.09. The number of carbonyl (C=O) groups excluding carboxylic acids is 2. The van der Waals surface area contributed by atoms with Gasteiger partial charge in [0.15, 0.2) is 34.5 Å². The second kappa shape index (κ2) is 6.78. The largest absolute Gasteiger partial charge is 0.507 e. The monoisotopic (exact) mass is 478 g/mol. The minimum absolute atomic E-state index is 0.0203. The van der Waals surface area contributed by atoms with Gasteiger partial charge < -0.3 is 33.9 Å². The molecule has 0 saturated carbocycles. The topological polar surface area (TPSA) is 153 Å². The molecule has 3 aliphatic rings. The standard InChI is InChI=1S/C25H18O10/c1-9-5-11-6-10-3-4-25(34-22(10)20(29)15(11)24(31)33-9)8-12-18(27)16-13(26)7-14(32-2)19(28)17(16)21(30)23(12)35-25/h5-7,27,29-30H,3-4,8H2,1-2H3/t25-/m0/s1. The van der Waals surface area contributed by atoms with E-state index in [0.29, 0.717) is 23.1 Å². The second-order valence-corrected chi connectivity index (χ2v) is 8.77. The fraction of sp³-hybridized carbons (Fsp3) is 0.240. The average Bonchev–Trinajstić information content (AvgIpc) is 3.18. The molecule has 6 rings (SSSR count). The third kappa shape index (κ3) is 2.73. The molecule has 10 nitrogen and oxygen atoms in total. The Morgan fingerprint density at radius 1 is 0.971 bits per heavy atom. The molecule has 35 heavy (non-hydrogen) atoms. The number of methoxy groups -OCH3 is 1. The average molecular weight is 478 g/mol. The van der Waals surface area contributed by atoms with Gasteiger partial charge in [-0.05, 0) is 36.4 Å². The maximum Gasteiger partial charge on any atom is 0.347 e. The van der Waals surface area contributed by atoms with Gasteiger partial charge in [0.2, 0.25) is 5.78 Å². The van der Waals surface area contributed by atoms with Gasteiger partial charge in [-0.25, -0.2) is 4.79 Å². The van der Waals surface area contributed by atoms with Crippen LogP contribution >= 0.6 is 0 Å². The molecule has 3 heterocycles. The van der Waals surface area contributed by atoms with Crippen molar-refractivity contribution in [3.8, 4) is 28.7 Å². The van der Waals surface area contributed by atoms with Gasteiger partial charge in [-0.3, -0.25) is 9.59 Å². The normalized spacial score (nSPS) is 20.1. The number of phenols is 3. The van der Waals surface area contributed by atoms with Crippen LogP contribution in [0.3, 0.4) is 0 Å². The minimum atomic E-state index is -1.46. The smallest absolute Gasteiger partial charge is 0.347 e. The number of carbonyl (C=O) groups is 2. The van der Waals surface area contributed by atoms with Gasteiger partial charge in [-0.2, -0.15) is 0 Å². The summed E-state index contributed by atoms with van der Waals surface area (Å²) in [6.07, 6.45) is 1.50. The highest BCUT2D eigenvalue weighted by molar-refractivity contribution is 6.26. The lowest BCUT2D eigenvalue weighted by Crippen LogP contribution is -2.44. The first-order valence-electron chi connectivity index (χ1n) is 10.8. The first-order chi connectivity index (χ1) is 16.6. The lowest BCUT2D eigenvalue weighted by molar-refractivity contribution is -0.112. The van der Waals surface area contributed by atoms with Crippen molar-refractivity contribution in [2.24, 2.45) is 0 Å². The highest BCUT2D eigenvalue weighted by Crippen LogP contribution is 2.55. The van der Waals surface area contributed by atoms with E-state index < -0.39 is 45.8 Å². The fourth-order valence-electron chi connectivity index (χ4n) is 5.07. The van der Waals surface area contributed by atoms with Crippen molar-refractivity contribution >= 4 is 22.3 Å². The number of ether oxygens (including phenoxy) is 3. The van der Waals surface area contributed by atoms with E-state index >= 15 is 0 Å². The van der Waals surface area contributed by atoms with Crippen LogP contribution in [0.25, 0.3) is 10.8 Å². The number of Topliss-reactive ketones (excluding diaryl/α,β-unsaturated/α-hetero) is 1. The molecule has 0 unspecified atom stereocenters. The number of aromatic hydroxyl groups is 3. The highest BCUT2D eigenvalue weighted by Gasteiger charge is 2.50. The number of phenolic OH excluding ortho intramolecular Hbond substituents is 3. The maximum atomic E-state index is 12.7. The van der Waals surface area contributed by atoms with Crippen molar-refractivity contribution in [2.75, 3.05) is 7.11 Å². The predicted octanol–water partition coefficient (Wildman–Crippen LogP) is 2.78. The molecule has 1 aliphatic carbocycles. The third-order valence-corrected chi connectivity index (χ3v) is 6.65.